The highest BCUT2D eigenvalue weighted by Gasteiger charge is 2.11. The summed E-state index contributed by atoms with van der Waals surface area (Å²) in [6.45, 7) is 3.30. The fraction of sp³-hybridized carbons (Fsp3) is 0.308. The maximum atomic E-state index is 11.4. The van der Waals surface area contributed by atoms with Crippen molar-refractivity contribution in [3.63, 3.8) is 0 Å². The van der Waals surface area contributed by atoms with Crippen LogP contribution in [0, 0.1) is 0 Å². The summed E-state index contributed by atoms with van der Waals surface area (Å²) in [6.07, 6.45) is 0.225. The number of aliphatic hydroxyl groups excluding tert-OH is 1. The quantitative estimate of drug-likeness (QED) is 0.591. The number of sulfone groups is 1. The zero-order valence-electron chi connectivity index (χ0n) is 11.2. The van der Waals surface area contributed by atoms with Crippen LogP contribution in [0.15, 0.2) is 47.9 Å². The second-order valence-electron chi connectivity index (χ2n) is 3.66. The average Bonchev–Trinajstić information content (AvgIpc) is 2.47. The molecular formula is C13H19NO5S. The molecule has 0 heterocycles. The van der Waals surface area contributed by atoms with Crippen LogP contribution in [0.5, 0.6) is 0 Å². The first-order valence-corrected chi connectivity index (χ1v) is 7.39. The molecule has 0 saturated heterocycles. The van der Waals surface area contributed by atoms with Crippen molar-refractivity contribution in [1.29, 1.82) is 0 Å². The molecule has 0 fully saturated rings. The van der Waals surface area contributed by atoms with Gasteiger partial charge >= 0.3 is 5.97 Å². The highest BCUT2D eigenvalue weighted by atomic mass is 32.2. The van der Waals surface area contributed by atoms with Crippen LogP contribution in [0.25, 0.3) is 0 Å². The normalized spacial score (nSPS) is 11.8. The van der Waals surface area contributed by atoms with Gasteiger partial charge in [0.15, 0.2) is 15.9 Å². The third-order valence-electron chi connectivity index (χ3n) is 2.14. The predicted octanol–water partition coefficient (Wildman–Crippen LogP) is 0.125. The lowest BCUT2D eigenvalue weighted by molar-refractivity contribution is -0.149. The third-order valence-corrected chi connectivity index (χ3v) is 3.80. The van der Waals surface area contributed by atoms with Gasteiger partial charge in [0.25, 0.3) is 0 Å². The molecule has 1 atom stereocenters. The molecule has 0 aromatic heterocycles. The molecule has 1 aromatic carbocycles. The number of aliphatic hydroxyl groups is 1. The van der Waals surface area contributed by atoms with Crippen LogP contribution in [-0.4, -0.2) is 45.0 Å². The van der Waals surface area contributed by atoms with Crippen molar-refractivity contribution in [3.8, 4) is 0 Å². The average molecular weight is 301 g/mol. The Balaban J connectivity index is 0.000000396. The number of hydrogen-bond acceptors (Lipinski definition) is 6. The molecule has 112 valence electrons. The van der Waals surface area contributed by atoms with Crippen molar-refractivity contribution in [1.82, 2.24) is 0 Å². The van der Waals surface area contributed by atoms with Crippen LogP contribution >= 0.6 is 0 Å². The molecule has 20 heavy (non-hydrogen) atoms. The van der Waals surface area contributed by atoms with Crippen LogP contribution in [0.1, 0.15) is 0 Å². The predicted molar refractivity (Wildman–Crippen MR) is 75.8 cm³/mol. The number of esters is 1. The molecule has 0 aliphatic heterocycles. The summed E-state index contributed by atoms with van der Waals surface area (Å²) in [4.78, 5) is 10.5. The van der Waals surface area contributed by atoms with E-state index < -0.39 is 21.9 Å². The van der Waals surface area contributed by atoms with Gasteiger partial charge < -0.3 is 15.6 Å². The van der Waals surface area contributed by atoms with Crippen molar-refractivity contribution >= 4 is 15.8 Å². The Hall–Kier alpha value is -1.70. The van der Waals surface area contributed by atoms with E-state index in [0.717, 1.165) is 0 Å². The molecule has 0 radical (unpaired) electrons. The lowest BCUT2D eigenvalue weighted by Gasteiger charge is -2.02. The molecule has 0 spiro atoms. The molecule has 0 bridgehead atoms. The van der Waals surface area contributed by atoms with Crippen molar-refractivity contribution in [2.24, 2.45) is 5.73 Å². The second kappa shape index (κ2) is 9.24. The summed E-state index contributed by atoms with van der Waals surface area (Å²) in [5, 5.41) is 8.53. The first kappa shape index (κ1) is 18.3. The van der Waals surface area contributed by atoms with E-state index in [1.165, 1.54) is 13.2 Å². The number of hydrogen-bond donors (Lipinski definition) is 2. The van der Waals surface area contributed by atoms with Gasteiger partial charge in [-0.15, -0.1) is 6.58 Å². The largest absolute Gasteiger partial charge is 0.467 e. The van der Waals surface area contributed by atoms with Gasteiger partial charge in [0.1, 0.15) is 0 Å². The molecule has 0 saturated carbocycles. The van der Waals surface area contributed by atoms with E-state index in [9.17, 15) is 13.2 Å². The Kier molecular flexibility index (Phi) is 8.46. The Morgan fingerprint density at radius 1 is 1.45 bits per heavy atom. The fourth-order valence-electron chi connectivity index (χ4n) is 1.11. The highest BCUT2D eigenvalue weighted by Crippen LogP contribution is 2.09. The van der Waals surface area contributed by atoms with E-state index in [-0.39, 0.29) is 12.3 Å². The summed E-state index contributed by atoms with van der Waals surface area (Å²) in [7, 11) is -1.93. The zero-order valence-corrected chi connectivity index (χ0v) is 12.0. The Labute approximate surface area is 118 Å². The molecule has 0 amide bonds. The smallest absolute Gasteiger partial charge is 0.336 e. The summed E-state index contributed by atoms with van der Waals surface area (Å²) in [5.74, 6) is -0.690. The van der Waals surface area contributed by atoms with Gasteiger partial charge in [0.05, 0.1) is 17.8 Å². The monoisotopic (exact) mass is 301 g/mol. The van der Waals surface area contributed by atoms with Crippen LogP contribution in [0.2, 0.25) is 0 Å². The summed E-state index contributed by atoms with van der Waals surface area (Å²) in [6, 6.07) is 8.36. The number of ether oxygens (including phenoxy) is 1. The highest BCUT2D eigenvalue weighted by molar-refractivity contribution is 7.91. The number of methoxy groups -OCH3 is 1. The summed E-state index contributed by atoms with van der Waals surface area (Å²) in [5.41, 5.74) is 4.90. The van der Waals surface area contributed by atoms with Crippen molar-refractivity contribution in [3.05, 3.63) is 43.0 Å². The van der Waals surface area contributed by atoms with Crippen molar-refractivity contribution in [2.45, 2.75) is 11.0 Å². The lowest BCUT2D eigenvalue weighted by Crippen LogP contribution is -2.29. The number of nitrogens with two attached hydrogens (primary N) is 1. The van der Waals surface area contributed by atoms with Gasteiger partial charge in [-0.2, -0.15) is 0 Å². The van der Waals surface area contributed by atoms with E-state index in [4.69, 9.17) is 10.8 Å². The number of rotatable bonds is 5. The maximum absolute atomic E-state index is 11.4. The second-order valence-corrected chi connectivity index (χ2v) is 5.69. The molecular weight excluding hydrogens is 282 g/mol. The van der Waals surface area contributed by atoms with E-state index in [1.54, 1.807) is 30.3 Å². The number of carbonyl (C=O) groups is 1. The Morgan fingerprint density at radius 3 is 2.35 bits per heavy atom. The van der Waals surface area contributed by atoms with Gasteiger partial charge in [0, 0.05) is 6.54 Å². The van der Waals surface area contributed by atoms with Crippen LogP contribution in [-0.2, 0) is 19.4 Å². The molecule has 1 aromatic rings. The molecule has 1 unspecified atom stereocenters. The number of carbonyl (C=O) groups excluding carboxylic acids is 1. The minimum Gasteiger partial charge on any atom is -0.467 e. The zero-order chi connectivity index (χ0) is 15.6. The lowest BCUT2D eigenvalue weighted by atomic mass is 10.4. The molecule has 6 nitrogen and oxygen atoms in total. The topological polar surface area (TPSA) is 107 Å². The Morgan fingerprint density at radius 2 is 2.00 bits per heavy atom. The molecule has 0 aliphatic carbocycles. The van der Waals surface area contributed by atoms with Crippen LogP contribution < -0.4 is 5.73 Å². The Bertz CT molecular complexity index is 513. The van der Waals surface area contributed by atoms with Gasteiger partial charge in [-0.25, -0.2) is 13.2 Å². The van der Waals surface area contributed by atoms with E-state index in [1.807, 2.05) is 0 Å². The molecule has 1 rings (SSSR count). The molecule has 3 N–H and O–H groups in total. The maximum Gasteiger partial charge on any atom is 0.336 e. The van der Waals surface area contributed by atoms with Gasteiger partial charge in [-0.1, -0.05) is 24.3 Å². The summed E-state index contributed by atoms with van der Waals surface area (Å²) >= 11 is 0. The van der Waals surface area contributed by atoms with Gasteiger partial charge in [-0.05, 0) is 12.1 Å². The molecule has 0 aliphatic rings. The van der Waals surface area contributed by atoms with Crippen LogP contribution in [0.3, 0.4) is 0 Å². The van der Waals surface area contributed by atoms with E-state index in [0.29, 0.717) is 4.90 Å². The molecule has 7 heteroatoms. The minimum absolute atomic E-state index is 0.00296. The standard InChI is InChI=1S/C9H10O2S.C4H9NO3/c1-2-8-12(10,11)9-6-4-3-5-7-9;1-8-4(7)3(6)2-5/h2-7H,1,8H2;3,6H,2,5H2,1H3. The first-order valence-electron chi connectivity index (χ1n) is 5.73. The van der Waals surface area contributed by atoms with Gasteiger partial charge in [-0.3, -0.25) is 0 Å². The van der Waals surface area contributed by atoms with Crippen LogP contribution in [0.4, 0.5) is 0 Å². The van der Waals surface area contributed by atoms with Gasteiger partial charge in [0.2, 0.25) is 0 Å². The van der Waals surface area contributed by atoms with E-state index >= 15 is 0 Å². The third kappa shape index (κ3) is 6.46. The first-order chi connectivity index (χ1) is 9.38. The van der Waals surface area contributed by atoms with Crippen molar-refractivity contribution in [2.75, 3.05) is 19.4 Å². The van der Waals surface area contributed by atoms with Crippen molar-refractivity contribution < 1.29 is 23.1 Å². The fourth-order valence-corrected chi connectivity index (χ4v) is 2.19. The SMILES string of the molecule is C=CCS(=O)(=O)c1ccccc1.COC(=O)C(O)CN. The number of benzene rings is 1. The minimum atomic E-state index is -3.13. The summed E-state index contributed by atoms with van der Waals surface area (Å²) < 4.78 is 26.9. The van der Waals surface area contributed by atoms with E-state index in [2.05, 4.69) is 11.3 Å².